The van der Waals surface area contributed by atoms with Gasteiger partial charge >= 0.3 is 0 Å². The van der Waals surface area contributed by atoms with Gasteiger partial charge in [-0.15, -0.1) is 0 Å². The van der Waals surface area contributed by atoms with Crippen molar-refractivity contribution in [2.24, 2.45) is 0 Å². The van der Waals surface area contributed by atoms with Crippen LogP contribution in [-0.2, 0) is 6.42 Å². The lowest BCUT2D eigenvalue weighted by Crippen LogP contribution is -2.25. The molecule has 0 spiro atoms. The van der Waals surface area contributed by atoms with Gasteiger partial charge < -0.3 is 14.8 Å². The van der Waals surface area contributed by atoms with E-state index in [1.54, 1.807) is 7.11 Å². The number of ether oxygens (including phenoxy) is 2. The molecule has 4 heteroatoms. The molecule has 2 rings (SSSR count). The van der Waals surface area contributed by atoms with Gasteiger partial charge in [-0.05, 0) is 73.6 Å². The first-order valence-electron chi connectivity index (χ1n) is 9.64. The van der Waals surface area contributed by atoms with Gasteiger partial charge in [-0.25, -0.2) is 0 Å². The van der Waals surface area contributed by atoms with Gasteiger partial charge in [0, 0.05) is 12.1 Å². The van der Waals surface area contributed by atoms with Crippen molar-refractivity contribution in [2.75, 3.05) is 20.3 Å². The highest BCUT2D eigenvalue weighted by Crippen LogP contribution is 2.29. The molecule has 0 heterocycles. The third kappa shape index (κ3) is 5.75. The highest BCUT2D eigenvalue weighted by molar-refractivity contribution is 5.96. The molecular weight excluding hydrogens is 338 g/mol. The van der Waals surface area contributed by atoms with Gasteiger partial charge in [0.05, 0.1) is 13.7 Å². The Morgan fingerprint density at radius 1 is 1.15 bits per heavy atom. The van der Waals surface area contributed by atoms with Gasteiger partial charge in [0.2, 0.25) is 0 Å². The molecule has 4 nitrogen and oxygen atoms in total. The SMILES string of the molecule is CCOc1ccc(CCCNC(=O)c2cc(C(C)C)c(OC)cc2C)cc1. The molecule has 0 bridgehead atoms. The Bertz CT molecular complexity index is 751. The average molecular weight is 370 g/mol. The monoisotopic (exact) mass is 369 g/mol. The number of methoxy groups -OCH3 is 1. The number of nitrogens with one attached hydrogen (secondary N) is 1. The largest absolute Gasteiger partial charge is 0.496 e. The van der Waals surface area contributed by atoms with Crippen LogP contribution in [0.2, 0.25) is 0 Å². The van der Waals surface area contributed by atoms with Crippen molar-refractivity contribution in [1.29, 1.82) is 0 Å². The van der Waals surface area contributed by atoms with Gasteiger partial charge in [-0.3, -0.25) is 4.79 Å². The highest BCUT2D eigenvalue weighted by atomic mass is 16.5. The van der Waals surface area contributed by atoms with Crippen molar-refractivity contribution in [3.05, 3.63) is 58.7 Å². The van der Waals surface area contributed by atoms with Crippen molar-refractivity contribution >= 4 is 5.91 Å². The lowest BCUT2D eigenvalue weighted by Gasteiger charge is -2.16. The van der Waals surface area contributed by atoms with E-state index in [2.05, 4.69) is 31.3 Å². The third-order valence-corrected chi connectivity index (χ3v) is 4.61. The Morgan fingerprint density at radius 3 is 2.44 bits per heavy atom. The second-order valence-corrected chi connectivity index (χ2v) is 7.00. The van der Waals surface area contributed by atoms with E-state index in [0.29, 0.717) is 19.1 Å². The smallest absolute Gasteiger partial charge is 0.251 e. The standard InChI is InChI=1S/C23H31NO3/c1-6-27-19-11-9-18(10-12-19)8-7-13-24-23(25)21-15-20(16(2)3)22(26-5)14-17(21)4/h9-12,14-16H,6-8,13H2,1-5H3,(H,24,25). The number of rotatable bonds is 9. The number of carbonyl (C=O) groups excluding carboxylic acids is 1. The van der Waals surface area contributed by atoms with E-state index >= 15 is 0 Å². The van der Waals surface area contributed by atoms with Crippen LogP contribution < -0.4 is 14.8 Å². The number of hydrogen-bond acceptors (Lipinski definition) is 3. The molecule has 2 aromatic rings. The zero-order chi connectivity index (χ0) is 19.8. The minimum absolute atomic E-state index is 0.0243. The Labute approximate surface area is 162 Å². The van der Waals surface area contributed by atoms with Gasteiger partial charge in [-0.1, -0.05) is 26.0 Å². The Kier molecular flexibility index (Phi) is 7.71. The van der Waals surface area contributed by atoms with Crippen LogP contribution in [0.15, 0.2) is 36.4 Å². The summed E-state index contributed by atoms with van der Waals surface area (Å²) < 4.78 is 10.9. The molecule has 0 radical (unpaired) electrons. The van der Waals surface area contributed by atoms with E-state index in [4.69, 9.17) is 9.47 Å². The minimum Gasteiger partial charge on any atom is -0.496 e. The molecule has 0 fully saturated rings. The lowest BCUT2D eigenvalue weighted by atomic mass is 9.96. The van der Waals surface area contributed by atoms with Crippen molar-refractivity contribution in [3.8, 4) is 11.5 Å². The van der Waals surface area contributed by atoms with E-state index in [0.717, 1.165) is 41.0 Å². The minimum atomic E-state index is -0.0243. The number of aryl methyl sites for hydroxylation is 2. The Hall–Kier alpha value is -2.49. The summed E-state index contributed by atoms with van der Waals surface area (Å²) in [7, 11) is 1.67. The molecule has 1 amide bonds. The maximum absolute atomic E-state index is 12.6. The van der Waals surface area contributed by atoms with Crippen LogP contribution in [0, 0.1) is 6.92 Å². The van der Waals surface area contributed by atoms with Crippen molar-refractivity contribution in [1.82, 2.24) is 5.32 Å². The van der Waals surface area contributed by atoms with E-state index in [1.165, 1.54) is 5.56 Å². The quantitative estimate of drug-likeness (QED) is 0.640. The molecule has 2 aromatic carbocycles. The first-order valence-corrected chi connectivity index (χ1v) is 9.64. The van der Waals surface area contributed by atoms with Crippen LogP contribution in [0.25, 0.3) is 0 Å². The molecule has 0 saturated carbocycles. The van der Waals surface area contributed by atoms with E-state index in [9.17, 15) is 4.79 Å². The fourth-order valence-electron chi connectivity index (χ4n) is 3.08. The first kappa shape index (κ1) is 20.8. The number of benzene rings is 2. The summed E-state index contributed by atoms with van der Waals surface area (Å²) in [4.78, 5) is 12.6. The molecule has 0 saturated heterocycles. The molecule has 1 N–H and O–H groups in total. The maximum atomic E-state index is 12.6. The van der Waals surface area contributed by atoms with Gasteiger partial charge in [0.15, 0.2) is 0 Å². The summed E-state index contributed by atoms with van der Waals surface area (Å²) in [6, 6.07) is 12.0. The topological polar surface area (TPSA) is 47.6 Å². The molecule has 0 aliphatic carbocycles. The van der Waals surface area contributed by atoms with Crippen molar-refractivity contribution < 1.29 is 14.3 Å². The molecule has 27 heavy (non-hydrogen) atoms. The molecule has 0 atom stereocenters. The molecule has 0 aliphatic rings. The second-order valence-electron chi connectivity index (χ2n) is 7.00. The van der Waals surface area contributed by atoms with Crippen molar-refractivity contribution in [3.63, 3.8) is 0 Å². The summed E-state index contributed by atoms with van der Waals surface area (Å²) in [5.74, 6) is 2.01. The van der Waals surface area contributed by atoms with Gasteiger partial charge in [0.25, 0.3) is 5.91 Å². The van der Waals surface area contributed by atoms with E-state index in [1.807, 2.05) is 38.1 Å². The normalized spacial score (nSPS) is 10.7. The average Bonchev–Trinajstić information content (AvgIpc) is 2.66. The fourth-order valence-corrected chi connectivity index (χ4v) is 3.08. The summed E-state index contributed by atoms with van der Waals surface area (Å²) in [5, 5.41) is 3.04. The van der Waals surface area contributed by atoms with Crippen molar-refractivity contribution in [2.45, 2.75) is 46.5 Å². The second kappa shape index (κ2) is 10.0. The first-order chi connectivity index (χ1) is 13.0. The molecular formula is C23H31NO3. The van der Waals surface area contributed by atoms with Crippen LogP contribution in [0.3, 0.4) is 0 Å². The summed E-state index contributed by atoms with van der Waals surface area (Å²) in [6.45, 7) is 9.45. The summed E-state index contributed by atoms with van der Waals surface area (Å²) in [5.41, 5.74) is 3.96. The predicted octanol–water partition coefficient (Wildman–Crippen LogP) is 4.89. The maximum Gasteiger partial charge on any atom is 0.251 e. The predicted molar refractivity (Wildman–Crippen MR) is 110 cm³/mol. The van der Waals surface area contributed by atoms with E-state index in [-0.39, 0.29) is 5.91 Å². The number of hydrogen-bond donors (Lipinski definition) is 1. The van der Waals surface area contributed by atoms with Crippen LogP contribution in [-0.4, -0.2) is 26.2 Å². The molecule has 0 unspecified atom stereocenters. The highest BCUT2D eigenvalue weighted by Gasteiger charge is 2.15. The number of amides is 1. The summed E-state index contributed by atoms with van der Waals surface area (Å²) in [6.07, 6.45) is 1.82. The zero-order valence-corrected chi connectivity index (χ0v) is 17.1. The lowest BCUT2D eigenvalue weighted by molar-refractivity contribution is 0.0952. The van der Waals surface area contributed by atoms with Crippen LogP contribution >= 0.6 is 0 Å². The van der Waals surface area contributed by atoms with Crippen LogP contribution in [0.1, 0.15) is 60.2 Å². The zero-order valence-electron chi connectivity index (χ0n) is 17.1. The molecule has 0 aliphatic heterocycles. The third-order valence-electron chi connectivity index (χ3n) is 4.61. The van der Waals surface area contributed by atoms with E-state index < -0.39 is 0 Å². The molecule has 146 valence electrons. The van der Waals surface area contributed by atoms with Gasteiger partial charge in [-0.2, -0.15) is 0 Å². The number of carbonyl (C=O) groups is 1. The fraction of sp³-hybridized carbons (Fsp3) is 0.435. The Balaban J connectivity index is 1.91. The summed E-state index contributed by atoms with van der Waals surface area (Å²) >= 11 is 0. The molecule has 0 aromatic heterocycles. The van der Waals surface area contributed by atoms with Gasteiger partial charge in [0.1, 0.15) is 11.5 Å². The Morgan fingerprint density at radius 2 is 1.85 bits per heavy atom. The van der Waals surface area contributed by atoms with Crippen LogP contribution in [0.4, 0.5) is 0 Å². The van der Waals surface area contributed by atoms with Crippen LogP contribution in [0.5, 0.6) is 11.5 Å².